The van der Waals surface area contributed by atoms with Gasteiger partial charge in [0.2, 0.25) is 0 Å². The van der Waals surface area contributed by atoms with Crippen molar-refractivity contribution in [3.05, 3.63) is 35.4 Å². The van der Waals surface area contributed by atoms with E-state index in [9.17, 15) is 9.59 Å². The monoisotopic (exact) mass is 266 g/mol. The zero-order chi connectivity index (χ0) is 11.3. The van der Waals surface area contributed by atoms with Crippen molar-refractivity contribution in [1.29, 1.82) is 0 Å². The van der Waals surface area contributed by atoms with E-state index in [4.69, 9.17) is 9.29 Å². The first-order valence-electron chi connectivity index (χ1n) is 4.32. The first kappa shape index (κ1) is 16.1. The summed E-state index contributed by atoms with van der Waals surface area (Å²) in [5, 5.41) is 8.71. The molecule has 0 radical (unpaired) electrons. The average Bonchev–Trinajstić information content (AvgIpc) is 2.26. The van der Waals surface area contributed by atoms with Gasteiger partial charge in [0, 0.05) is 5.75 Å². The minimum atomic E-state index is -1.06. The minimum absolute atomic E-state index is 0. The van der Waals surface area contributed by atoms with Crippen LogP contribution < -0.4 is 0 Å². The van der Waals surface area contributed by atoms with Gasteiger partial charge in [-0.2, -0.15) is 0 Å². The van der Waals surface area contributed by atoms with Gasteiger partial charge in [0.05, 0.1) is 23.2 Å². The van der Waals surface area contributed by atoms with Crippen LogP contribution in [-0.4, -0.2) is 74.2 Å². The van der Waals surface area contributed by atoms with E-state index in [1.165, 1.54) is 24.3 Å². The van der Waals surface area contributed by atoms with Crippen molar-refractivity contribution in [2.75, 3.05) is 5.75 Å². The van der Waals surface area contributed by atoms with Gasteiger partial charge in [0.25, 0.3) is 0 Å². The number of aromatic carboxylic acids is 1. The normalized spacial score (nSPS) is 9.06. The predicted octanol–water partition coefficient (Wildman–Crippen LogP) is 1.56. The van der Waals surface area contributed by atoms with Crippen LogP contribution in [0.25, 0.3) is 0 Å². The van der Waals surface area contributed by atoms with E-state index in [0.717, 1.165) is 12.0 Å². The standard InChI is InChI=1S/C10H10O4S.K.H/c1-2-15-14-10(13)8-5-3-4-7(6-8)9(11)12;;/h3-6H,2H2,1H3,(H,11,12);;. The molecule has 0 bridgehead atoms. The Morgan fingerprint density at radius 2 is 2.00 bits per heavy atom. The number of rotatable bonds is 4. The second-order valence-corrected chi connectivity index (χ2v) is 3.64. The van der Waals surface area contributed by atoms with Gasteiger partial charge in [0.15, 0.2) is 0 Å². The van der Waals surface area contributed by atoms with Crippen LogP contribution in [0.5, 0.6) is 0 Å². The quantitative estimate of drug-likeness (QED) is 0.662. The van der Waals surface area contributed by atoms with E-state index >= 15 is 0 Å². The fraction of sp³-hybridized carbons (Fsp3) is 0.200. The van der Waals surface area contributed by atoms with Gasteiger partial charge < -0.3 is 9.29 Å². The van der Waals surface area contributed by atoms with Gasteiger partial charge >= 0.3 is 63.3 Å². The second kappa shape index (κ2) is 8.27. The molecular formula is C10H11KO4S. The van der Waals surface area contributed by atoms with E-state index in [2.05, 4.69) is 0 Å². The van der Waals surface area contributed by atoms with Gasteiger partial charge in [-0.05, 0) is 18.2 Å². The molecule has 1 rings (SSSR count). The Morgan fingerprint density at radius 1 is 1.38 bits per heavy atom. The first-order valence-corrected chi connectivity index (χ1v) is 5.23. The topological polar surface area (TPSA) is 63.6 Å². The van der Waals surface area contributed by atoms with Crippen molar-refractivity contribution < 1.29 is 18.9 Å². The van der Waals surface area contributed by atoms with Crippen molar-refractivity contribution in [3.8, 4) is 0 Å². The summed E-state index contributed by atoms with van der Waals surface area (Å²) in [6.45, 7) is 1.85. The molecule has 16 heavy (non-hydrogen) atoms. The molecule has 4 nitrogen and oxygen atoms in total. The van der Waals surface area contributed by atoms with Crippen LogP contribution >= 0.6 is 12.0 Å². The molecule has 1 N–H and O–H groups in total. The van der Waals surface area contributed by atoms with Gasteiger partial charge in [-0.25, -0.2) is 9.59 Å². The van der Waals surface area contributed by atoms with Crippen LogP contribution in [0, 0.1) is 0 Å². The second-order valence-electron chi connectivity index (χ2n) is 2.66. The van der Waals surface area contributed by atoms with Crippen LogP contribution in [-0.2, 0) is 4.18 Å². The third-order valence-corrected chi connectivity index (χ3v) is 2.10. The Bertz CT molecular complexity index is 381. The molecule has 6 heteroatoms. The molecule has 0 amide bonds. The van der Waals surface area contributed by atoms with Crippen molar-refractivity contribution in [2.24, 2.45) is 0 Å². The Kier molecular flexibility index (Phi) is 8.34. The molecular weight excluding hydrogens is 255 g/mol. The number of carbonyl (C=O) groups excluding carboxylic acids is 1. The van der Waals surface area contributed by atoms with Gasteiger partial charge in [0.1, 0.15) is 0 Å². The molecule has 0 aliphatic heterocycles. The van der Waals surface area contributed by atoms with E-state index in [1.54, 1.807) is 0 Å². The first-order chi connectivity index (χ1) is 7.15. The van der Waals surface area contributed by atoms with Crippen molar-refractivity contribution in [3.63, 3.8) is 0 Å². The van der Waals surface area contributed by atoms with Crippen LogP contribution in [0.2, 0.25) is 0 Å². The summed E-state index contributed by atoms with van der Waals surface area (Å²) in [4.78, 5) is 22.0. The number of carboxylic acid groups (broad SMARTS) is 1. The number of hydrogen-bond donors (Lipinski definition) is 1. The maximum absolute atomic E-state index is 11.3. The van der Waals surface area contributed by atoms with Crippen LogP contribution in [0.1, 0.15) is 27.6 Å². The number of hydrogen-bond acceptors (Lipinski definition) is 4. The molecule has 0 spiro atoms. The molecule has 0 unspecified atom stereocenters. The van der Waals surface area contributed by atoms with Crippen LogP contribution in [0.3, 0.4) is 0 Å². The summed E-state index contributed by atoms with van der Waals surface area (Å²) in [5.74, 6) is -0.928. The molecule has 0 saturated carbocycles. The molecule has 0 aliphatic carbocycles. The number of benzene rings is 1. The average molecular weight is 266 g/mol. The molecule has 82 valence electrons. The van der Waals surface area contributed by atoms with Gasteiger partial charge in [-0.1, -0.05) is 13.0 Å². The van der Waals surface area contributed by atoms with Crippen molar-refractivity contribution >= 4 is 75.4 Å². The SMILES string of the molecule is CCSOC(=O)c1cccc(C(=O)O)c1.[KH]. The molecule has 0 atom stereocenters. The molecule has 0 fully saturated rings. The van der Waals surface area contributed by atoms with E-state index in [1.807, 2.05) is 6.92 Å². The van der Waals surface area contributed by atoms with Crippen LogP contribution in [0.4, 0.5) is 0 Å². The predicted molar refractivity (Wildman–Crippen MR) is 64.1 cm³/mol. The number of carboxylic acids is 1. The summed E-state index contributed by atoms with van der Waals surface area (Å²) in [6.07, 6.45) is 0. The Balaban J connectivity index is 0.00000225. The Labute approximate surface area is 140 Å². The summed E-state index contributed by atoms with van der Waals surface area (Å²) < 4.78 is 4.80. The molecule has 0 aliphatic rings. The van der Waals surface area contributed by atoms with Gasteiger partial charge in [-0.3, -0.25) is 0 Å². The molecule has 1 aromatic rings. The van der Waals surface area contributed by atoms with Crippen LogP contribution in [0.15, 0.2) is 24.3 Å². The maximum atomic E-state index is 11.3. The zero-order valence-electron chi connectivity index (χ0n) is 8.10. The fourth-order valence-electron chi connectivity index (χ4n) is 0.940. The molecule has 0 saturated heterocycles. The molecule has 0 aromatic heterocycles. The third-order valence-electron chi connectivity index (χ3n) is 1.60. The van der Waals surface area contributed by atoms with E-state index < -0.39 is 11.9 Å². The number of carbonyl (C=O) groups is 2. The van der Waals surface area contributed by atoms with E-state index in [0.29, 0.717) is 5.75 Å². The van der Waals surface area contributed by atoms with Crippen molar-refractivity contribution in [1.82, 2.24) is 0 Å². The third kappa shape index (κ3) is 4.98. The fourth-order valence-corrected chi connectivity index (χ4v) is 1.26. The molecule has 1 aromatic carbocycles. The van der Waals surface area contributed by atoms with E-state index in [-0.39, 0.29) is 62.5 Å². The summed E-state index contributed by atoms with van der Waals surface area (Å²) in [6, 6.07) is 5.74. The Morgan fingerprint density at radius 3 is 2.56 bits per heavy atom. The van der Waals surface area contributed by atoms with Gasteiger partial charge in [-0.15, -0.1) is 0 Å². The Hall–Kier alpha value is 0.146. The molecule has 0 heterocycles. The summed E-state index contributed by atoms with van der Waals surface area (Å²) in [5.41, 5.74) is 0.321. The zero-order valence-corrected chi connectivity index (χ0v) is 8.91. The van der Waals surface area contributed by atoms with Crippen molar-refractivity contribution in [2.45, 2.75) is 6.92 Å². The summed E-state index contributed by atoms with van der Waals surface area (Å²) >= 11 is 1.03. The summed E-state index contributed by atoms with van der Waals surface area (Å²) in [7, 11) is 0.